The van der Waals surface area contributed by atoms with E-state index >= 15 is 0 Å². The summed E-state index contributed by atoms with van der Waals surface area (Å²) in [6, 6.07) is 8.32. The molecular formula is C24H33N2O2+. The molecule has 0 bridgehead atoms. The molecule has 4 heteroatoms. The molecule has 1 aliphatic heterocycles. The van der Waals surface area contributed by atoms with Crippen molar-refractivity contribution in [1.82, 2.24) is 0 Å². The van der Waals surface area contributed by atoms with E-state index in [0.717, 1.165) is 47.1 Å². The van der Waals surface area contributed by atoms with Crippen LogP contribution in [0.5, 0.6) is 0 Å². The Bertz CT molecular complexity index is 858. The van der Waals surface area contributed by atoms with E-state index in [4.69, 9.17) is 4.42 Å². The van der Waals surface area contributed by atoms with Gasteiger partial charge in [-0.05, 0) is 31.4 Å². The van der Waals surface area contributed by atoms with Crippen LogP contribution in [0.3, 0.4) is 0 Å². The number of fused-ring (bicyclic) bond motifs is 1. The molecule has 0 atom stereocenters. The first-order valence-corrected chi connectivity index (χ1v) is 10.9. The van der Waals surface area contributed by atoms with E-state index in [-0.39, 0.29) is 11.9 Å². The zero-order valence-corrected chi connectivity index (χ0v) is 17.3. The number of quaternary nitrogens is 1. The van der Waals surface area contributed by atoms with Crippen LogP contribution in [-0.4, -0.2) is 36.6 Å². The SMILES string of the molecule is CC(=O)N(c1occ2ccccc12)C1CC[N+](C)(/C2=C/CCCCCC2)CC1. The maximum Gasteiger partial charge on any atom is 0.226 e. The van der Waals surface area contributed by atoms with Gasteiger partial charge < -0.3 is 4.42 Å². The highest BCUT2D eigenvalue weighted by Gasteiger charge is 2.38. The van der Waals surface area contributed by atoms with Gasteiger partial charge in [0.25, 0.3) is 0 Å². The molecule has 1 aromatic heterocycles. The highest BCUT2D eigenvalue weighted by molar-refractivity contribution is 6.01. The Kier molecular flexibility index (Phi) is 5.58. The first kappa shape index (κ1) is 19.3. The van der Waals surface area contributed by atoms with Crippen molar-refractivity contribution in [2.75, 3.05) is 25.0 Å². The molecule has 0 unspecified atom stereocenters. The Morgan fingerprint density at radius 1 is 1.11 bits per heavy atom. The molecule has 2 heterocycles. The van der Waals surface area contributed by atoms with Gasteiger partial charge in [-0.3, -0.25) is 14.2 Å². The Balaban J connectivity index is 1.53. The van der Waals surface area contributed by atoms with Crippen LogP contribution < -0.4 is 4.90 Å². The fourth-order valence-corrected chi connectivity index (χ4v) is 5.06. The van der Waals surface area contributed by atoms with Crippen molar-refractivity contribution in [3.8, 4) is 0 Å². The number of carbonyl (C=O) groups is 1. The van der Waals surface area contributed by atoms with Crippen molar-refractivity contribution in [2.24, 2.45) is 0 Å². The van der Waals surface area contributed by atoms with Crippen molar-refractivity contribution in [2.45, 2.75) is 64.3 Å². The number of carbonyl (C=O) groups excluding carboxylic acids is 1. The van der Waals surface area contributed by atoms with E-state index in [1.54, 1.807) is 18.9 Å². The van der Waals surface area contributed by atoms with Gasteiger partial charge in [-0.2, -0.15) is 0 Å². The van der Waals surface area contributed by atoms with E-state index in [2.05, 4.69) is 13.1 Å². The number of amides is 1. The molecule has 1 fully saturated rings. The zero-order valence-electron chi connectivity index (χ0n) is 17.3. The second-order valence-electron chi connectivity index (χ2n) is 8.74. The summed E-state index contributed by atoms with van der Waals surface area (Å²) in [4.78, 5) is 14.5. The molecule has 0 saturated carbocycles. The molecule has 0 spiro atoms. The van der Waals surface area contributed by atoms with Gasteiger partial charge in [-0.15, -0.1) is 0 Å². The van der Waals surface area contributed by atoms with Gasteiger partial charge in [0.05, 0.1) is 26.2 Å². The smallest absolute Gasteiger partial charge is 0.226 e. The fourth-order valence-electron chi connectivity index (χ4n) is 5.06. The van der Waals surface area contributed by atoms with E-state index < -0.39 is 0 Å². The van der Waals surface area contributed by atoms with Crippen LogP contribution in [0.1, 0.15) is 58.3 Å². The number of nitrogens with zero attached hydrogens (tertiary/aromatic N) is 2. The minimum Gasteiger partial charge on any atom is -0.447 e. The number of anilines is 1. The summed E-state index contributed by atoms with van der Waals surface area (Å²) in [5.74, 6) is 0.792. The number of allylic oxidation sites excluding steroid dienone is 2. The lowest BCUT2D eigenvalue weighted by Gasteiger charge is -2.44. The molecule has 2 aliphatic rings. The monoisotopic (exact) mass is 381 g/mol. The van der Waals surface area contributed by atoms with Gasteiger partial charge in [0.1, 0.15) is 12.0 Å². The van der Waals surface area contributed by atoms with Gasteiger partial charge >= 0.3 is 0 Å². The molecule has 150 valence electrons. The first-order chi connectivity index (χ1) is 13.6. The summed E-state index contributed by atoms with van der Waals surface area (Å²) >= 11 is 0. The summed E-state index contributed by atoms with van der Waals surface area (Å²) in [6.07, 6.45) is 14.2. The standard InChI is InChI=1S/C24H33N2O2/c1-19(27)25(24-23-13-9-8-10-20(23)18-28-24)21-14-16-26(2,17-15-21)22-11-6-4-3-5-7-12-22/h8-11,13,18,21H,3-7,12,14-17H2,1-2H3/q+1/b22-11+. The summed E-state index contributed by atoms with van der Waals surface area (Å²) in [5, 5.41) is 2.09. The average molecular weight is 382 g/mol. The van der Waals surface area contributed by atoms with E-state index in [0.29, 0.717) is 0 Å². The number of hydrogen-bond acceptors (Lipinski definition) is 2. The number of benzene rings is 1. The highest BCUT2D eigenvalue weighted by Crippen LogP contribution is 2.35. The second kappa shape index (κ2) is 8.12. The summed E-state index contributed by atoms with van der Waals surface area (Å²) in [7, 11) is 2.39. The molecule has 1 aliphatic carbocycles. The van der Waals surface area contributed by atoms with Crippen molar-refractivity contribution in [3.63, 3.8) is 0 Å². The van der Waals surface area contributed by atoms with Crippen molar-refractivity contribution in [1.29, 1.82) is 0 Å². The van der Waals surface area contributed by atoms with Gasteiger partial charge in [0.15, 0.2) is 0 Å². The third-order valence-corrected chi connectivity index (χ3v) is 6.78. The molecule has 1 aromatic carbocycles. The topological polar surface area (TPSA) is 33.5 Å². The van der Waals surface area contributed by atoms with Crippen LogP contribution in [-0.2, 0) is 4.79 Å². The maximum atomic E-state index is 12.6. The number of piperidine rings is 1. The Labute approximate surface area is 168 Å². The Morgan fingerprint density at radius 3 is 2.64 bits per heavy atom. The summed E-state index contributed by atoms with van der Waals surface area (Å²) in [6.45, 7) is 3.86. The summed E-state index contributed by atoms with van der Waals surface area (Å²) < 4.78 is 6.94. The van der Waals surface area contributed by atoms with Crippen LogP contribution in [0, 0.1) is 0 Å². The predicted molar refractivity (Wildman–Crippen MR) is 114 cm³/mol. The fraction of sp³-hybridized carbons (Fsp3) is 0.542. The molecule has 28 heavy (non-hydrogen) atoms. The number of hydrogen-bond donors (Lipinski definition) is 0. The van der Waals surface area contributed by atoms with Crippen LogP contribution in [0.2, 0.25) is 0 Å². The van der Waals surface area contributed by atoms with Gasteiger partial charge in [-0.1, -0.05) is 31.0 Å². The van der Waals surface area contributed by atoms with Crippen molar-refractivity contribution >= 4 is 22.6 Å². The van der Waals surface area contributed by atoms with Crippen LogP contribution in [0.15, 0.2) is 46.7 Å². The molecule has 4 rings (SSSR count). The minimum atomic E-state index is 0.0753. The third kappa shape index (κ3) is 3.75. The lowest BCUT2D eigenvalue weighted by atomic mass is 9.96. The molecule has 2 aromatic rings. The van der Waals surface area contributed by atoms with Gasteiger partial charge in [0.2, 0.25) is 11.8 Å². The predicted octanol–water partition coefficient (Wildman–Crippen LogP) is 5.63. The maximum absolute atomic E-state index is 12.6. The van der Waals surface area contributed by atoms with E-state index in [1.165, 1.54) is 38.5 Å². The lowest BCUT2D eigenvalue weighted by molar-refractivity contribution is -0.879. The second-order valence-corrected chi connectivity index (χ2v) is 8.74. The summed E-state index contributed by atoms with van der Waals surface area (Å²) in [5.41, 5.74) is 1.62. The first-order valence-electron chi connectivity index (χ1n) is 10.9. The zero-order chi connectivity index (χ0) is 19.6. The molecule has 4 nitrogen and oxygen atoms in total. The van der Waals surface area contributed by atoms with Crippen LogP contribution in [0.25, 0.3) is 10.8 Å². The van der Waals surface area contributed by atoms with E-state index in [9.17, 15) is 4.79 Å². The van der Waals surface area contributed by atoms with E-state index in [1.807, 2.05) is 29.2 Å². The lowest BCUT2D eigenvalue weighted by Crippen LogP contribution is -2.54. The number of furan rings is 1. The third-order valence-electron chi connectivity index (χ3n) is 6.78. The van der Waals surface area contributed by atoms with Crippen LogP contribution in [0.4, 0.5) is 5.88 Å². The van der Waals surface area contributed by atoms with Gasteiger partial charge in [0, 0.05) is 37.0 Å². The molecule has 0 radical (unpaired) electrons. The largest absolute Gasteiger partial charge is 0.447 e. The highest BCUT2D eigenvalue weighted by atomic mass is 16.3. The number of rotatable bonds is 3. The molecule has 1 saturated heterocycles. The average Bonchev–Trinajstić information content (AvgIpc) is 3.07. The normalized spacial score (nSPS) is 28.2. The molecule has 0 N–H and O–H groups in total. The Morgan fingerprint density at radius 2 is 1.86 bits per heavy atom. The quantitative estimate of drug-likeness (QED) is 0.645. The number of likely N-dealkylation sites (tertiary alicyclic amines) is 1. The van der Waals surface area contributed by atoms with Crippen molar-refractivity contribution < 1.29 is 13.7 Å². The Hall–Kier alpha value is -2.07. The molecule has 1 amide bonds. The minimum absolute atomic E-state index is 0.0753. The van der Waals surface area contributed by atoms with Crippen LogP contribution >= 0.6 is 0 Å². The van der Waals surface area contributed by atoms with Gasteiger partial charge in [-0.25, -0.2) is 0 Å². The van der Waals surface area contributed by atoms with Crippen molar-refractivity contribution in [3.05, 3.63) is 42.3 Å². The molecular weight excluding hydrogens is 348 g/mol.